The first-order chi connectivity index (χ1) is 7.25. The van der Waals surface area contributed by atoms with E-state index in [1.54, 1.807) is 6.07 Å². The summed E-state index contributed by atoms with van der Waals surface area (Å²) in [6, 6.07) is 1.57. The van der Waals surface area contributed by atoms with E-state index in [1.165, 1.54) is 6.33 Å². The van der Waals surface area contributed by atoms with Crippen LogP contribution in [0.4, 0.5) is 0 Å². The normalized spacial score (nSPS) is 22.9. The predicted molar refractivity (Wildman–Crippen MR) is 59.3 cm³/mol. The average molecular weight is 246 g/mol. The number of nitrogens with zero attached hydrogens (tertiary/aromatic N) is 2. The molecule has 1 fully saturated rings. The third-order valence-corrected chi connectivity index (χ3v) is 4.06. The fourth-order valence-electron chi connectivity index (χ4n) is 1.60. The standard InChI is InChI=1S/C9H12ClN3OS/c10-8-3-9(13-6-12-8)15(14)5-7-1-2-11-4-7/h3,6-7,11H,1-2,4-5H2/t7-,15+/m0/s1. The van der Waals surface area contributed by atoms with Gasteiger partial charge >= 0.3 is 0 Å². The van der Waals surface area contributed by atoms with Crippen LogP contribution in [0, 0.1) is 5.92 Å². The van der Waals surface area contributed by atoms with Crippen LogP contribution in [0.25, 0.3) is 0 Å². The van der Waals surface area contributed by atoms with Crippen LogP contribution in [-0.4, -0.2) is 33.0 Å². The first-order valence-corrected chi connectivity index (χ1v) is 6.52. The van der Waals surface area contributed by atoms with E-state index in [-0.39, 0.29) is 0 Å². The maximum atomic E-state index is 11.9. The molecule has 4 nitrogen and oxygen atoms in total. The fraction of sp³-hybridized carbons (Fsp3) is 0.556. The molecule has 0 aromatic carbocycles. The highest BCUT2D eigenvalue weighted by Crippen LogP contribution is 2.14. The van der Waals surface area contributed by atoms with Gasteiger partial charge in [-0.15, -0.1) is 0 Å². The minimum atomic E-state index is -1.06. The highest BCUT2D eigenvalue weighted by atomic mass is 35.5. The van der Waals surface area contributed by atoms with Crippen molar-refractivity contribution in [2.75, 3.05) is 18.8 Å². The van der Waals surface area contributed by atoms with Crippen LogP contribution >= 0.6 is 11.6 Å². The van der Waals surface area contributed by atoms with E-state index in [4.69, 9.17) is 11.6 Å². The summed E-state index contributed by atoms with van der Waals surface area (Å²) in [4.78, 5) is 7.73. The molecule has 0 radical (unpaired) electrons. The van der Waals surface area contributed by atoms with Gasteiger partial charge in [0.15, 0.2) is 0 Å². The van der Waals surface area contributed by atoms with Crippen molar-refractivity contribution < 1.29 is 4.21 Å². The maximum absolute atomic E-state index is 11.9. The molecule has 2 rings (SSSR count). The Bertz CT molecular complexity index is 368. The number of nitrogens with one attached hydrogen (secondary N) is 1. The summed E-state index contributed by atoms with van der Waals surface area (Å²) in [6.07, 6.45) is 2.44. The highest BCUT2D eigenvalue weighted by molar-refractivity contribution is 7.85. The van der Waals surface area contributed by atoms with E-state index < -0.39 is 10.8 Å². The summed E-state index contributed by atoms with van der Waals surface area (Å²) in [5.41, 5.74) is 0. The fourth-order valence-corrected chi connectivity index (χ4v) is 3.10. The molecule has 1 aromatic heterocycles. The van der Waals surface area contributed by atoms with E-state index in [0.29, 0.717) is 21.8 Å². The van der Waals surface area contributed by atoms with Gasteiger partial charge in [-0.2, -0.15) is 0 Å². The van der Waals surface area contributed by atoms with E-state index >= 15 is 0 Å². The van der Waals surface area contributed by atoms with Crippen LogP contribution < -0.4 is 5.32 Å². The lowest BCUT2D eigenvalue weighted by molar-refractivity contribution is 0.630. The van der Waals surface area contributed by atoms with Gasteiger partial charge in [0.25, 0.3) is 0 Å². The lowest BCUT2D eigenvalue weighted by Gasteiger charge is -2.06. The summed E-state index contributed by atoms with van der Waals surface area (Å²) in [7, 11) is -1.06. The molecule has 0 aliphatic carbocycles. The molecule has 0 unspecified atom stereocenters. The highest BCUT2D eigenvalue weighted by Gasteiger charge is 2.18. The maximum Gasteiger partial charge on any atom is 0.133 e. The number of hydrogen-bond acceptors (Lipinski definition) is 4. The largest absolute Gasteiger partial charge is 0.316 e. The Morgan fingerprint density at radius 2 is 2.47 bits per heavy atom. The third kappa shape index (κ3) is 2.96. The molecule has 6 heteroatoms. The first kappa shape index (κ1) is 11.0. The Hall–Kier alpha value is -0.520. The molecule has 15 heavy (non-hydrogen) atoms. The van der Waals surface area contributed by atoms with Gasteiger partial charge in [0, 0.05) is 11.8 Å². The molecule has 1 aromatic rings. The van der Waals surface area contributed by atoms with Crippen molar-refractivity contribution in [3.05, 3.63) is 17.5 Å². The van der Waals surface area contributed by atoms with Crippen LogP contribution in [-0.2, 0) is 10.8 Å². The number of hydrogen-bond donors (Lipinski definition) is 1. The van der Waals surface area contributed by atoms with E-state index in [2.05, 4.69) is 15.3 Å². The lowest BCUT2D eigenvalue weighted by Crippen LogP contribution is -2.15. The van der Waals surface area contributed by atoms with E-state index in [1.807, 2.05) is 0 Å². The topological polar surface area (TPSA) is 54.9 Å². The van der Waals surface area contributed by atoms with Crippen molar-refractivity contribution in [3.63, 3.8) is 0 Å². The Balaban J connectivity index is 2.01. The zero-order valence-electron chi connectivity index (χ0n) is 8.15. The average Bonchev–Trinajstić information content (AvgIpc) is 2.70. The minimum absolute atomic E-state index is 0.345. The van der Waals surface area contributed by atoms with Gasteiger partial charge in [0.2, 0.25) is 0 Å². The summed E-state index contributed by atoms with van der Waals surface area (Å²) in [5, 5.41) is 4.12. The van der Waals surface area contributed by atoms with Gasteiger partial charge in [0.1, 0.15) is 16.5 Å². The number of rotatable bonds is 3. The second-order valence-corrected chi connectivity index (χ2v) is 5.38. The molecule has 1 aliphatic rings. The molecule has 0 amide bonds. The molecule has 1 saturated heterocycles. The van der Waals surface area contributed by atoms with Crippen molar-refractivity contribution in [1.29, 1.82) is 0 Å². The summed E-state index contributed by atoms with van der Waals surface area (Å²) in [6.45, 7) is 1.97. The third-order valence-electron chi connectivity index (χ3n) is 2.39. The molecule has 0 bridgehead atoms. The van der Waals surface area contributed by atoms with Gasteiger partial charge < -0.3 is 5.32 Å². The summed E-state index contributed by atoms with van der Waals surface area (Å²) >= 11 is 5.71. The van der Waals surface area contributed by atoms with Crippen LogP contribution in [0.1, 0.15) is 6.42 Å². The minimum Gasteiger partial charge on any atom is -0.316 e. The SMILES string of the molecule is O=[S@](C[C@H]1CCNC1)c1cc(Cl)ncn1. The summed E-state index contributed by atoms with van der Waals surface area (Å²) in [5.74, 6) is 1.14. The summed E-state index contributed by atoms with van der Waals surface area (Å²) < 4.78 is 11.9. The van der Waals surface area contributed by atoms with Gasteiger partial charge in [-0.1, -0.05) is 11.6 Å². The van der Waals surface area contributed by atoms with Gasteiger partial charge in [-0.25, -0.2) is 9.97 Å². The zero-order valence-corrected chi connectivity index (χ0v) is 9.72. The quantitative estimate of drug-likeness (QED) is 0.803. The van der Waals surface area contributed by atoms with Crippen molar-refractivity contribution >= 4 is 22.4 Å². The predicted octanol–water partition coefficient (Wildman–Crippen LogP) is 0.847. The molecule has 1 N–H and O–H groups in total. The van der Waals surface area contributed by atoms with Crippen LogP contribution in [0.15, 0.2) is 17.4 Å². The van der Waals surface area contributed by atoms with E-state index in [9.17, 15) is 4.21 Å². The molecule has 82 valence electrons. The lowest BCUT2D eigenvalue weighted by atomic mass is 10.2. The molecule has 2 atom stereocenters. The van der Waals surface area contributed by atoms with Gasteiger partial charge in [0.05, 0.1) is 10.8 Å². The van der Waals surface area contributed by atoms with Crippen molar-refractivity contribution in [2.24, 2.45) is 5.92 Å². The molecule has 1 aliphatic heterocycles. The van der Waals surface area contributed by atoms with Crippen molar-refractivity contribution in [1.82, 2.24) is 15.3 Å². The van der Waals surface area contributed by atoms with Crippen LogP contribution in [0.2, 0.25) is 5.15 Å². The molecule has 0 saturated carbocycles. The molecular formula is C9H12ClN3OS. The van der Waals surface area contributed by atoms with Crippen molar-refractivity contribution in [3.8, 4) is 0 Å². The molecule has 2 heterocycles. The second-order valence-electron chi connectivity index (χ2n) is 3.55. The van der Waals surface area contributed by atoms with Crippen molar-refractivity contribution in [2.45, 2.75) is 11.4 Å². The monoisotopic (exact) mass is 245 g/mol. The van der Waals surface area contributed by atoms with Gasteiger partial charge in [-0.3, -0.25) is 4.21 Å². The Labute approximate surface area is 95.9 Å². The Morgan fingerprint density at radius 3 is 3.13 bits per heavy atom. The zero-order chi connectivity index (χ0) is 10.7. The Kier molecular flexibility index (Phi) is 3.66. The Morgan fingerprint density at radius 1 is 1.60 bits per heavy atom. The van der Waals surface area contributed by atoms with Crippen LogP contribution in [0.5, 0.6) is 0 Å². The van der Waals surface area contributed by atoms with E-state index in [0.717, 1.165) is 19.5 Å². The molecule has 0 spiro atoms. The van der Waals surface area contributed by atoms with Gasteiger partial charge in [-0.05, 0) is 25.4 Å². The second kappa shape index (κ2) is 5.01. The molecular weight excluding hydrogens is 234 g/mol. The number of aromatic nitrogens is 2. The smallest absolute Gasteiger partial charge is 0.133 e. The number of halogens is 1. The van der Waals surface area contributed by atoms with Crippen LogP contribution in [0.3, 0.4) is 0 Å². The first-order valence-electron chi connectivity index (χ1n) is 4.82.